The summed E-state index contributed by atoms with van der Waals surface area (Å²) in [6.45, 7) is 3.34. The number of amides is 2. The van der Waals surface area contributed by atoms with E-state index in [1.54, 1.807) is 13.8 Å². The summed E-state index contributed by atoms with van der Waals surface area (Å²) in [6.07, 6.45) is 0.757. The lowest BCUT2D eigenvalue weighted by Gasteiger charge is -2.15. The van der Waals surface area contributed by atoms with Crippen LogP contribution in [0.3, 0.4) is 0 Å². The third kappa shape index (κ3) is 5.01. The van der Waals surface area contributed by atoms with Gasteiger partial charge >= 0.3 is 0 Å². The van der Waals surface area contributed by atoms with E-state index in [1.807, 2.05) is 0 Å². The van der Waals surface area contributed by atoms with Crippen LogP contribution >= 0.6 is 0 Å². The molecule has 0 aromatic heterocycles. The highest BCUT2D eigenvalue weighted by Crippen LogP contribution is 2.19. The number of nitriles is 1. The van der Waals surface area contributed by atoms with Crippen molar-refractivity contribution in [2.75, 3.05) is 0 Å². The van der Waals surface area contributed by atoms with E-state index < -0.39 is 11.8 Å². The van der Waals surface area contributed by atoms with Crippen molar-refractivity contribution >= 4 is 11.8 Å². The molecule has 4 N–H and O–H groups in total. The van der Waals surface area contributed by atoms with Crippen molar-refractivity contribution in [2.24, 2.45) is 29.2 Å². The first-order chi connectivity index (χ1) is 6.88. The van der Waals surface area contributed by atoms with Crippen molar-refractivity contribution in [1.29, 1.82) is 5.26 Å². The second-order valence-electron chi connectivity index (χ2n) is 3.90. The first kappa shape index (κ1) is 13.4. The molecule has 2 unspecified atom stereocenters. The molecule has 0 saturated carbocycles. The van der Waals surface area contributed by atoms with Gasteiger partial charge in [-0.05, 0) is 12.8 Å². The molecule has 0 saturated heterocycles. The number of rotatable bonds is 6. The molecule has 0 heterocycles. The third-order valence-electron chi connectivity index (χ3n) is 2.43. The molecule has 2 atom stereocenters. The lowest BCUT2D eigenvalue weighted by Crippen LogP contribution is -2.26. The van der Waals surface area contributed by atoms with Crippen LogP contribution in [-0.2, 0) is 9.59 Å². The normalized spacial score (nSPS) is 16.1. The van der Waals surface area contributed by atoms with E-state index in [9.17, 15) is 9.59 Å². The largest absolute Gasteiger partial charge is 0.369 e. The number of carbonyl (C=O) groups excluding carboxylic acids is 2. The Labute approximate surface area is 89.4 Å². The first-order valence-electron chi connectivity index (χ1n) is 4.86. The van der Waals surface area contributed by atoms with Crippen molar-refractivity contribution < 1.29 is 9.59 Å². The zero-order valence-corrected chi connectivity index (χ0v) is 9.06. The molecular weight excluding hydrogens is 194 g/mol. The smallest absolute Gasteiger partial charge is 0.220 e. The van der Waals surface area contributed by atoms with Crippen LogP contribution in [0.15, 0.2) is 0 Å². The fraction of sp³-hybridized carbons (Fsp3) is 0.700. The Morgan fingerprint density at radius 1 is 1.13 bits per heavy atom. The van der Waals surface area contributed by atoms with E-state index in [0.717, 1.165) is 0 Å². The van der Waals surface area contributed by atoms with Crippen LogP contribution in [0, 0.1) is 29.1 Å². The number of nitrogens with two attached hydrogens (primary N) is 2. The molecule has 0 aliphatic rings. The van der Waals surface area contributed by atoms with Gasteiger partial charge in [0.25, 0.3) is 0 Å². The van der Waals surface area contributed by atoms with Crippen LogP contribution in [0.2, 0.25) is 0 Å². The van der Waals surface area contributed by atoms with Crippen molar-refractivity contribution in [3.8, 4) is 6.07 Å². The second-order valence-corrected chi connectivity index (χ2v) is 3.90. The Balaban J connectivity index is 4.22. The fourth-order valence-electron chi connectivity index (χ4n) is 1.29. The highest BCUT2D eigenvalue weighted by molar-refractivity contribution is 5.77. The molecule has 0 aliphatic heterocycles. The van der Waals surface area contributed by atoms with Gasteiger partial charge in [-0.25, -0.2) is 0 Å². The van der Waals surface area contributed by atoms with Gasteiger partial charge in [-0.15, -0.1) is 0 Å². The minimum absolute atomic E-state index is 0.352. The summed E-state index contributed by atoms with van der Waals surface area (Å²) in [4.78, 5) is 21.6. The topological polar surface area (TPSA) is 110 Å². The van der Waals surface area contributed by atoms with Crippen LogP contribution in [-0.4, -0.2) is 11.8 Å². The van der Waals surface area contributed by atoms with E-state index in [-0.39, 0.29) is 17.8 Å². The quantitative estimate of drug-likeness (QED) is 0.652. The molecule has 84 valence electrons. The van der Waals surface area contributed by atoms with Gasteiger partial charge in [-0.3, -0.25) is 9.59 Å². The van der Waals surface area contributed by atoms with Crippen molar-refractivity contribution in [1.82, 2.24) is 0 Å². The number of carbonyl (C=O) groups is 2. The number of hydrogen-bond acceptors (Lipinski definition) is 3. The molecule has 2 amide bonds. The predicted octanol–water partition coefficient (Wildman–Crippen LogP) is 0.149. The van der Waals surface area contributed by atoms with Crippen molar-refractivity contribution in [3.63, 3.8) is 0 Å². The Hall–Kier alpha value is -1.57. The molecule has 0 radical (unpaired) electrons. The third-order valence-corrected chi connectivity index (χ3v) is 2.43. The first-order valence-corrected chi connectivity index (χ1v) is 4.86. The van der Waals surface area contributed by atoms with Gasteiger partial charge in [0.15, 0.2) is 0 Å². The standard InChI is InChI=1S/C10H17N3O2/c1-6(9(12)14)3-8(5-11)4-7(2)10(13)15/h6-8H,3-4H2,1-2H3,(H2,12,14)(H2,13,15). The SMILES string of the molecule is CC(CC(C#N)CC(C)C(N)=O)C(N)=O. The highest BCUT2D eigenvalue weighted by atomic mass is 16.1. The highest BCUT2D eigenvalue weighted by Gasteiger charge is 2.20. The maximum atomic E-state index is 10.8. The summed E-state index contributed by atoms with van der Waals surface area (Å²) in [7, 11) is 0. The minimum atomic E-state index is -0.429. The van der Waals surface area contributed by atoms with E-state index in [2.05, 4.69) is 6.07 Å². The van der Waals surface area contributed by atoms with E-state index in [0.29, 0.717) is 12.8 Å². The zero-order chi connectivity index (χ0) is 12.0. The van der Waals surface area contributed by atoms with Gasteiger partial charge < -0.3 is 11.5 Å². The van der Waals surface area contributed by atoms with E-state index in [4.69, 9.17) is 16.7 Å². The Bertz CT molecular complexity index is 261. The molecule has 15 heavy (non-hydrogen) atoms. The van der Waals surface area contributed by atoms with Crippen LogP contribution in [0.4, 0.5) is 0 Å². The number of primary amides is 2. The molecule has 0 aliphatic carbocycles. The lowest BCUT2D eigenvalue weighted by molar-refractivity contribution is -0.121. The molecule has 5 nitrogen and oxygen atoms in total. The van der Waals surface area contributed by atoms with Crippen LogP contribution < -0.4 is 11.5 Å². The maximum absolute atomic E-state index is 10.8. The average molecular weight is 211 g/mol. The zero-order valence-electron chi connectivity index (χ0n) is 9.06. The van der Waals surface area contributed by atoms with Crippen LogP contribution in [0.25, 0.3) is 0 Å². The molecule has 0 bridgehead atoms. The number of hydrogen-bond donors (Lipinski definition) is 2. The molecule has 0 rings (SSSR count). The molecule has 0 aromatic rings. The number of nitrogens with zero attached hydrogens (tertiary/aromatic N) is 1. The van der Waals surface area contributed by atoms with Gasteiger partial charge in [-0.2, -0.15) is 5.26 Å². The van der Waals surface area contributed by atoms with Gasteiger partial charge in [0.05, 0.1) is 6.07 Å². The van der Waals surface area contributed by atoms with Gasteiger partial charge in [-0.1, -0.05) is 13.8 Å². The average Bonchev–Trinajstić information content (AvgIpc) is 2.15. The summed E-state index contributed by atoms with van der Waals surface area (Å²) in [5.41, 5.74) is 10.2. The van der Waals surface area contributed by atoms with E-state index >= 15 is 0 Å². The van der Waals surface area contributed by atoms with Crippen LogP contribution in [0.5, 0.6) is 0 Å². The monoisotopic (exact) mass is 211 g/mol. The minimum Gasteiger partial charge on any atom is -0.369 e. The van der Waals surface area contributed by atoms with Crippen LogP contribution in [0.1, 0.15) is 26.7 Å². The van der Waals surface area contributed by atoms with Crippen molar-refractivity contribution in [3.05, 3.63) is 0 Å². The Morgan fingerprint density at radius 2 is 1.47 bits per heavy atom. The summed E-state index contributed by atoms with van der Waals surface area (Å²) < 4.78 is 0. The summed E-state index contributed by atoms with van der Waals surface area (Å²) in [6, 6.07) is 2.06. The summed E-state index contributed by atoms with van der Waals surface area (Å²) in [5.74, 6) is -1.91. The Morgan fingerprint density at radius 3 is 1.67 bits per heavy atom. The molecular formula is C10H17N3O2. The second kappa shape index (κ2) is 6.02. The van der Waals surface area contributed by atoms with Gasteiger partial charge in [0, 0.05) is 17.8 Å². The molecule has 0 spiro atoms. The van der Waals surface area contributed by atoms with E-state index in [1.165, 1.54) is 0 Å². The maximum Gasteiger partial charge on any atom is 0.220 e. The Kier molecular flexibility index (Phi) is 5.39. The molecule has 0 aromatic carbocycles. The predicted molar refractivity (Wildman–Crippen MR) is 55.1 cm³/mol. The van der Waals surface area contributed by atoms with Gasteiger partial charge in [0.1, 0.15) is 0 Å². The lowest BCUT2D eigenvalue weighted by atomic mass is 9.88. The molecule has 5 heteroatoms. The van der Waals surface area contributed by atoms with Crippen molar-refractivity contribution in [2.45, 2.75) is 26.7 Å². The molecule has 0 fully saturated rings. The summed E-state index contributed by atoms with van der Waals surface area (Å²) >= 11 is 0. The summed E-state index contributed by atoms with van der Waals surface area (Å²) in [5, 5.41) is 8.83. The fourth-order valence-corrected chi connectivity index (χ4v) is 1.29. The van der Waals surface area contributed by atoms with Gasteiger partial charge in [0.2, 0.25) is 11.8 Å².